The number of benzene rings is 2. The summed E-state index contributed by atoms with van der Waals surface area (Å²) >= 11 is 1.49. The van der Waals surface area contributed by atoms with Gasteiger partial charge < -0.3 is 14.7 Å². The predicted octanol–water partition coefficient (Wildman–Crippen LogP) is 5.87. The fourth-order valence-corrected chi connectivity index (χ4v) is 5.99. The number of hydrogen-bond acceptors (Lipinski definition) is 7. The molecule has 0 unspecified atom stereocenters. The van der Waals surface area contributed by atoms with Gasteiger partial charge in [0, 0.05) is 36.0 Å². The van der Waals surface area contributed by atoms with Crippen LogP contribution in [0.3, 0.4) is 0 Å². The van der Waals surface area contributed by atoms with Gasteiger partial charge in [-0.15, -0.1) is 11.3 Å². The normalized spacial score (nSPS) is 13.9. The molecule has 40 heavy (non-hydrogen) atoms. The number of piperidine rings is 1. The van der Waals surface area contributed by atoms with Gasteiger partial charge in [0.25, 0.3) is 11.8 Å². The number of carbonyl (C=O) groups excluding carboxylic acids is 2. The first-order chi connectivity index (χ1) is 19.5. The minimum atomic E-state index is -0.274. The first-order valence-electron chi connectivity index (χ1n) is 13.2. The van der Waals surface area contributed by atoms with Crippen molar-refractivity contribution in [3.63, 3.8) is 0 Å². The minimum absolute atomic E-state index is 0.0689. The number of carbonyl (C=O) groups is 2. The number of aryl methyl sites for hydroxylation is 2. The van der Waals surface area contributed by atoms with Gasteiger partial charge in [-0.2, -0.15) is 5.10 Å². The van der Waals surface area contributed by atoms with Crippen LogP contribution in [-0.4, -0.2) is 49.7 Å². The van der Waals surface area contributed by atoms with Crippen molar-refractivity contribution in [2.45, 2.75) is 32.6 Å². The Morgan fingerprint density at radius 1 is 1.00 bits per heavy atom. The van der Waals surface area contributed by atoms with Gasteiger partial charge in [0.1, 0.15) is 28.5 Å². The fourth-order valence-electron chi connectivity index (χ4n) is 5.02. The van der Waals surface area contributed by atoms with Crippen molar-refractivity contribution < 1.29 is 14.1 Å². The Kier molecular flexibility index (Phi) is 7.00. The Bertz CT molecular complexity index is 1650. The molecule has 5 aromatic rings. The zero-order valence-corrected chi connectivity index (χ0v) is 23.0. The minimum Gasteiger partial charge on any atom is -0.360 e. The second-order valence-corrected chi connectivity index (χ2v) is 10.7. The number of aromatic nitrogens is 4. The Morgan fingerprint density at radius 3 is 2.42 bits per heavy atom. The Labute approximate surface area is 235 Å². The molecular formula is C30H28N6O3S. The molecule has 4 heterocycles. The van der Waals surface area contributed by atoms with Gasteiger partial charge >= 0.3 is 0 Å². The standard InChI is InChI=1S/C30H28N6O3S/c1-19-17-25(36(33-19)23-11-7-4-8-12-23)32-28(37)24-18-40-29(31-24)22-13-15-35(16-14-22)30(38)26-20(2)39-34-27(26)21-9-5-3-6-10-21/h3-12,17-18,22H,13-16H2,1-2H3,(H,32,37). The van der Waals surface area contributed by atoms with E-state index in [1.807, 2.05) is 78.6 Å². The zero-order valence-electron chi connectivity index (χ0n) is 22.2. The molecule has 9 nitrogen and oxygen atoms in total. The second kappa shape index (κ2) is 10.9. The van der Waals surface area contributed by atoms with Crippen LogP contribution in [0.2, 0.25) is 0 Å². The van der Waals surface area contributed by atoms with E-state index in [1.165, 1.54) is 11.3 Å². The summed E-state index contributed by atoms with van der Waals surface area (Å²) in [6, 6.07) is 21.1. The molecule has 0 atom stereocenters. The Hall–Kier alpha value is -4.57. The number of thiazole rings is 1. The number of nitrogens with zero attached hydrogens (tertiary/aromatic N) is 5. The highest BCUT2D eigenvalue weighted by Crippen LogP contribution is 2.33. The maximum absolute atomic E-state index is 13.5. The molecule has 3 aromatic heterocycles. The molecule has 1 saturated heterocycles. The van der Waals surface area contributed by atoms with Crippen molar-refractivity contribution in [2.24, 2.45) is 0 Å². The predicted molar refractivity (Wildman–Crippen MR) is 153 cm³/mol. The maximum atomic E-state index is 13.5. The molecule has 6 rings (SSSR count). The molecule has 2 aromatic carbocycles. The van der Waals surface area contributed by atoms with Crippen molar-refractivity contribution in [3.8, 4) is 16.9 Å². The van der Waals surface area contributed by atoms with E-state index in [-0.39, 0.29) is 17.7 Å². The lowest BCUT2D eigenvalue weighted by molar-refractivity contribution is 0.0711. The summed E-state index contributed by atoms with van der Waals surface area (Å²) in [5.41, 5.74) is 3.99. The summed E-state index contributed by atoms with van der Waals surface area (Å²) < 4.78 is 7.12. The lowest BCUT2D eigenvalue weighted by atomic mass is 9.96. The lowest BCUT2D eigenvalue weighted by Crippen LogP contribution is -2.38. The number of nitrogens with one attached hydrogen (secondary N) is 1. The highest BCUT2D eigenvalue weighted by Gasteiger charge is 2.31. The first-order valence-corrected chi connectivity index (χ1v) is 14.1. The quantitative estimate of drug-likeness (QED) is 0.282. The monoisotopic (exact) mass is 552 g/mol. The van der Waals surface area contributed by atoms with Crippen LogP contribution in [0.5, 0.6) is 0 Å². The van der Waals surface area contributed by atoms with E-state index in [4.69, 9.17) is 4.52 Å². The molecule has 2 amide bonds. The van der Waals surface area contributed by atoms with Crippen LogP contribution < -0.4 is 5.32 Å². The van der Waals surface area contributed by atoms with Gasteiger partial charge in [-0.25, -0.2) is 9.67 Å². The molecule has 1 aliphatic heterocycles. The van der Waals surface area contributed by atoms with E-state index >= 15 is 0 Å². The third kappa shape index (κ3) is 5.05. The van der Waals surface area contributed by atoms with Crippen molar-refractivity contribution in [1.82, 2.24) is 24.8 Å². The first kappa shape index (κ1) is 25.7. The molecule has 0 bridgehead atoms. The Balaban J connectivity index is 1.11. The summed E-state index contributed by atoms with van der Waals surface area (Å²) in [4.78, 5) is 33.1. The van der Waals surface area contributed by atoms with Gasteiger partial charge in [-0.05, 0) is 38.8 Å². The fraction of sp³-hybridized carbons (Fsp3) is 0.233. The summed E-state index contributed by atoms with van der Waals surface area (Å²) in [5, 5.41) is 14.4. The molecule has 0 radical (unpaired) electrons. The summed E-state index contributed by atoms with van der Waals surface area (Å²) in [7, 11) is 0. The van der Waals surface area contributed by atoms with E-state index < -0.39 is 0 Å². The lowest BCUT2D eigenvalue weighted by Gasteiger charge is -2.31. The van der Waals surface area contributed by atoms with Crippen LogP contribution in [0.25, 0.3) is 16.9 Å². The summed E-state index contributed by atoms with van der Waals surface area (Å²) in [5.74, 6) is 0.952. The third-order valence-corrected chi connectivity index (χ3v) is 8.09. The largest absolute Gasteiger partial charge is 0.360 e. The molecular weight excluding hydrogens is 524 g/mol. The van der Waals surface area contributed by atoms with Crippen molar-refractivity contribution in [3.05, 3.63) is 99.8 Å². The Morgan fingerprint density at radius 2 is 1.70 bits per heavy atom. The summed E-state index contributed by atoms with van der Waals surface area (Å²) in [6.45, 7) is 4.85. The SMILES string of the molecule is Cc1cc(NC(=O)c2csc(C3CCN(C(=O)c4c(-c5ccccc5)noc4C)CC3)n2)n(-c2ccccc2)n1. The highest BCUT2D eigenvalue weighted by molar-refractivity contribution is 7.10. The molecule has 0 spiro atoms. The molecule has 1 fully saturated rings. The number of hydrogen-bond donors (Lipinski definition) is 1. The van der Waals surface area contributed by atoms with Gasteiger partial charge in [0.05, 0.1) is 16.4 Å². The van der Waals surface area contributed by atoms with Crippen LogP contribution in [0.4, 0.5) is 5.82 Å². The molecule has 1 N–H and O–H groups in total. The number of likely N-dealkylation sites (tertiary alicyclic amines) is 1. The number of rotatable bonds is 6. The van der Waals surface area contributed by atoms with Gasteiger partial charge in [-0.3, -0.25) is 9.59 Å². The van der Waals surface area contributed by atoms with E-state index in [0.717, 1.165) is 34.8 Å². The van der Waals surface area contributed by atoms with Gasteiger partial charge in [-0.1, -0.05) is 53.7 Å². The second-order valence-electron chi connectivity index (χ2n) is 9.84. The number of para-hydroxylation sites is 1. The smallest absolute Gasteiger partial charge is 0.276 e. The van der Waals surface area contributed by atoms with Crippen molar-refractivity contribution in [2.75, 3.05) is 18.4 Å². The molecule has 0 aliphatic carbocycles. The van der Waals surface area contributed by atoms with Gasteiger partial charge in [0.2, 0.25) is 0 Å². The van der Waals surface area contributed by atoms with Crippen molar-refractivity contribution >= 4 is 29.0 Å². The summed E-state index contributed by atoms with van der Waals surface area (Å²) in [6.07, 6.45) is 1.54. The number of amides is 2. The van der Waals surface area contributed by atoms with E-state index in [9.17, 15) is 9.59 Å². The van der Waals surface area contributed by atoms with Crippen LogP contribution in [-0.2, 0) is 0 Å². The van der Waals surface area contributed by atoms with E-state index in [1.54, 1.807) is 17.0 Å². The van der Waals surface area contributed by atoms with Crippen LogP contribution in [0, 0.1) is 13.8 Å². The van der Waals surface area contributed by atoms with Crippen molar-refractivity contribution in [1.29, 1.82) is 0 Å². The van der Waals surface area contributed by atoms with E-state index in [2.05, 4.69) is 20.6 Å². The number of anilines is 1. The topological polar surface area (TPSA) is 106 Å². The molecule has 10 heteroatoms. The molecule has 1 aliphatic rings. The zero-order chi connectivity index (χ0) is 27.6. The van der Waals surface area contributed by atoms with E-state index in [0.29, 0.717) is 41.6 Å². The molecule has 0 saturated carbocycles. The average Bonchev–Trinajstić information content (AvgIpc) is 3.72. The van der Waals surface area contributed by atoms with Crippen LogP contribution in [0.15, 0.2) is 76.6 Å². The highest BCUT2D eigenvalue weighted by atomic mass is 32.1. The van der Waals surface area contributed by atoms with Crippen LogP contribution >= 0.6 is 11.3 Å². The third-order valence-electron chi connectivity index (χ3n) is 7.08. The van der Waals surface area contributed by atoms with Crippen LogP contribution in [0.1, 0.15) is 56.1 Å². The average molecular weight is 553 g/mol. The maximum Gasteiger partial charge on any atom is 0.276 e. The molecule has 202 valence electrons. The van der Waals surface area contributed by atoms with Gasteiger partial charge in [0.15, 0.2) is 0 Å².